The number of nitrogens with one attached hydrogen (secondary N) is 1. The number of amides is 1. The number of nitrogens with zero attached hydrogens (tertiary/aromatic N) is 3. The van der Waals surface area contributed by atoms with Crippen molar-refractivity contribution >= 4 is 22.4 Å². The van der Waals surface area contributed by atoms with E-state index >= 15 is 0 Å². The van der Waals surface area contributed by atoms with E-state index in [2.05, 4.69) is 46.2 Å². The number of carbonyl (C=O) groups is 1. The van der Waals surface area contributed by atoms with E-state index in [9.17, 15) is 4.79 Å². The Balaban J connectivity index is 1.41. The van der Waals surface area contributed by atoms with Gasteiger partial charge in [-0.25, -0.2) is 4.98 Å². The minimum Gasteiger partial charge on any atom is -0.302 e. The minimum absolute atomic E-state index is 0.0681. The second-order valence-electron chi connectivity index (χ2n) is 6.67. The topological polar surface area (TPSA) is 58.1 Å². The average molecular weight is 344 g/mol. The number of hydrogen-bond acceptors (Lipinski definition) is 5. The molecular weight excluding hydrogens is 320 g/mol. The fraction of sp³-hybridized carbons (Fsp3) is 0.500. The summed E-state index contributed by atoms with van der Waals surface area (Å²) in [5.74, 6) is 0.711. The number of aryl methyl sites for hydroxylation is 3. The number of anilines is 1. The van der Waals surface area contributed by atoms with Gasteiger partial charge in [0.2, 0.25) is 5.91 Å². The van der Waals surface area contributed by atoms with Crippen LogP contribution in [0, 0.1) is 19.8 Å². The fourth-order valence-corrected chi connectivity index (χ4v) is 4.14. The van der Waals surface area contributed by atoms with Crippen molar-refractivity contribution in [3.8, 4) is 0 Å². The number of aromatic nitrogens is 2. The summed E-state index contributed by atoms with van der Waals surface area (Å²) in [6.07, 6.45) is 4.24. The van der Waals surface area contributed by atoms with Crippen molar-refractivity contribution in [3.05, 3.63) is 40.2 Å². The maximum absolute atomic E-state index is 11.0. The molecule has 3 rings (SSSR count). The molecule has 2 aromatic rings. The molecule has 128 valence electrons. The van der Waals surface area contributed by atoms with Gasteiger partial charge in [0, 0.05) is 49.0 Å². The first-order valence-corrected chi connectivity index (χ1v) is 9.18. The van der Waals surface area contributed by atoms with Crippen LogP contribution in [0.5, 0.6) is 0 Å². The van der Waals surface area contributed by atoms with Gasteiger partial charge in [0.05, 0.1) is 0 Å². The van der Waals surface area contributed by atoms with Crippen LogP contribution in [0.1, 0.15) is 35.2 Å². The van der Waals surface area contributed by atoms with Gasteiger partial charge in [0.15, 0.2) is 5.13 Å². The highest BCUT2D eigenvalue weighted by Crippen LogP contribution is 2.26. The number of pyridine rings is 1. The van der Waals surface area contributed by atoms with E-state index in [0.717, 1.165) is 43.4 Å². The van der Waals surface area contributed by atoms with Crippen molar-refractivity contribution in [2.75, 3.05) is 18.4 Å². The fourth-order valence-electron chi connectivity index (χ4n) is 3.23. The second kappa shape index (κ2) is 7.40. The maximum atomic E-state index is 11.0. The largest absolute Gasteiger partial charge is 0.302 e. The van der Waals surface area contributed by atoms with Gasteiger partial charge >= 0.3 is 0 Å². The summed E-state index contributed by atoms with van der Waals surface area (Å²) in [5.41, 5.74) is 3.63. The number of likely N-dealkylation sites (tertiary alicyclic amines) is 1. The van der Waals surface area contributed by atoms with Crippen LogP contribution in [0.4, 0.5) is 5.13 Å². The monoisotopic (exact) mass is 344 g/mol. The average Bonchev–Trinajstić information content (AvgIpc) is 2.86. The van der Waals surface area contributed by atoms with E-state index in [-0.39, 0.29) is 5.91 Å². The van der Waals surface area contributed by atoms with Crippen LogP contribution in [-0.4, -0.2) is 33.9 Å². The molecule has 1 amide bonds. The molecule has 0 aliphatic carbocycles. The van der Waals surface area contributed by atoms with Crippen molar-refractivity contribution in [2.45, 2.75) is 40.2 Å². The zero-order valence-electron chi connectivity index (χ0n) is 14.5. The molecule has 0 spiro atoms. The Bertz CT molecular complexity index is 701. The number of rotatable bonds is 6. The summed E-state index contributed by atoms with van der Waals surface area (Å²) in [7, 11) is 0. The molecule has 0 atom stereocenters. The van der Waals surface area contributed by atoms with Gasteiger partial charge in [-0.15, -0.1) is 11.3 Å². The second-order valence-corrected chi connectivity index (χ2v) is 7.79. The smallest absolute Gasteiger partial charge is 0.223 e. The molecule has 2 aromatic heterocycles. The Labute approximate surface area is 147 Å². The van der Waals surface area contributed by atoms with Crippen molar-refractivity contribution in [1.29, 1.82) is 0 Å². The first-order chi connectivity index (χ1) is 11.5. The number of thiazole rings is 1. The third kappa shape index (κ3) is 4.61. The standard InChI is InChI=1S/C18H24N4OS/c1-12-6-15(7-13(2)20-12)4-5-16-9-22(10-16)11-17-8-19-18(24-17)21-14(3)23/h6-8,16H,4-5,9-11H2,1-3H3,(H,19,21,23). The van der Waals surface area contributed by atoms with E-state index in [1.54, 1.807) is 11.3 Å². The highest BCUT2D eigenvalue weighted by Gasteiger charge is 2.26. The molecule has 1 aliphatic rings. The van der Waals surface area contributed by atoms with Gasteiger partial charge in [-0.05, 0) is 50.3 Å². The number of hydrogen-bond donors (Lipinski definition) is 1. The van der Waals surface area contributed by atoms with Crippen LogP contribution in [0.3, 0.4) is 0 Å². The summed E-state index contributed by atoms with van der Waals surface area (Å²) < 4.78 is 0. The predicted molar refractivity (Wildman–Crippen MR) is 97.2 cm³/mol. The van der Waals surface area contributed by atoms with Crippen LogP contribution >= 0.6 is 11.3 Å². The lowest BCUT2D eigenvalue weighted by atomic mass is 9.92. The lowest BCUT2D eigenvalue weighted by molar-refractivity contribution is -0.114. The molecule has 1 fully saturated rings. The van der Waals surface area contributed by atoms with Crippen LogP contribution in [-0.2, 0) is 17.8 Å². The molecule has 5 nitrogen and oxygen atoms in total. The Morgan fingerprint density at radius 3 is 2.71 bits per heavy atom. The first-order valence-electron chi connectivity index (χ1n) is 8.37. The lowest BCUT2D eigenvalue weighted by Crippen LogP contribution is -2.45. The van der Waals surface area contributed by atoms with E-state index in [4.69, 9.17) is 0 Å². The third-order valence-corrected chi connectivity index (χ3v) is 5.13. The zero-order valence-corrected chi connectivity index (χ0v) is 15.3. The van der Waals surface area contributed by atoms with Crippen LogP contribution in [0.15, 0.2) is 18.3 Å². The van der Waals surface area contributed by atoms with E-state index in [1.807, 2.05) is 6.20 Å². The molecule has 0 saturated carbocycles. The molecule has 0 unspecified atom stereocenters. The van der Waals surface area contributed by atoms with Gasteiger partial charge in [0.25, 0.3) is 0 Å². The van der Waals surface area contributed by atoms with Crippen molar-refractivity contribution in [1.82, 2.24) is 14.9 Å². The molecule has 3 heterocycles. The van der Waals surface area contributed by atoms with E-state index in [0.29, 0.717) is 5.13 Å². The molecule has 0 radical (unpaired) electrons. The van der Waals surface area contributed by atoms with Crippen molar-refractivity contribution in [3.63, 3.8) is 0 Å². The minimum atomic E-state index is -0.0681. The summed E-state index contributed by atoms with van der Waals surface area (Å²) in [6.45, 7) is 8.86. The van der Waals surface area contributed by atoms with Crippen LogP contribution in [0.25, 0.3) is 0 Å². The maximum Gasteiger partial charge on any atom is 0.223 e. The van der Waals surface area contributed by atoms with Gasteiger partial charge in [-0.2, -0.15) is 0 Å². The van der Waals surface area contributed by atoms with Crippen LogP contribution in [0.2, 0.25) is 0 Å². The van der Waals surface area contributed by atoms with Gasteiger partial charge < -0.3 is 5.32 Å². The molecule has 1 N–H and O–H groups in total. The quantitative estimate of drug-likeness (QED) is 0.874. The predicted octanol–water partition coefficient (Wildman–Crippen LogP) is 3.18. The highest BCUT2D eigenvalue weighted by molar-refractivity contribution is 7.15. The molecular formula is C18H24N4OS. The van der Waals surface area contributed by atoms with E-state index < -0.39 is 0 Å². The molecule has 0 bridgehead atoms. The normalized spacial score (nSPS) is 15.3. The van der Waals surface area contributed by atoms with Gasteiger partial charge in [-0.3, -0.25) is 14.7 Å². The summed E-state index contributed by atoms with van der Waals surface area (Å²) >= 11 is 1.56. The third-order valence-electron chi connectivity index (χ3n) is 4.23. The zero-order chi connectivity index (χ0) is 17.1. The molecule has 24 heavy (non-hydrogen) atoms. The molecule has 1 saturated heterocycles. The van der Waals surface area contributed by atoms with E-state index in [1.165, 1.54) is 23.8 Å². The van der Waals surface area contributed by atoms with Gasteiger partial charge in [-0.1, -0.05) is 0 Å². The Morgan fingerprint density at radius 1 is 1.33 bits per heavy atom. The van der Waals surface area contributed by atoms with Gasteiger partial charge in [0.1, 0.15) is 0 Å². The Morgan fingerprint density at radius 2 is 2.04 bits per heavy atom. The summed E-state index contributed by atoms with van der Waals surface area (Å²) in [4.78, 5) is 23.3. The summed E-state index contributed by atoms with van der Waals surface area (Å²) in [6, 6.07) is 4.40. The SMILES string of the molecule is CC(=O)Nc1ncc(CN2CC(CCc3cc(C)nc(C)c3)C2)s1. The molecule has 1 aliphatic heterocycles. The number of carbonyl (C=O) groups excluding carboxylic acids is 1. The van der Waals surface area contributed by atoms with Crippen molar-refractivity contribution in [2.24, 2.45) is 5.92 Å². The lowest BCUT2D eigenvalue weighted by Gasteiger charge is -2.39. The molecule has 0 aromatic carbocycles. The first kappa shape index (κ1) is 17.0. The Kier molecular flexibility index (Phi) is 5.26. The van der Waals surface area contributed by atoms with Crippen LogP contribution < -0.4 is 5.32 Å². The molecule has 6 heteroatoms. The highest BCUT2D eigenvalue weighted by atomic mass is 32.1. The summed E-state index contributed by atoms with van der Waals surface area (Å²) in [5, 5.41) is 3.43. The van der Waals surface area contributed by atoms with Crippen molar-refractivity contribution < 1.29 is 4.79 Å². The Hall–Kier alpha value is -1.79.